The first-order chi connectivity index (χ1) is 12.5. The monoisotopic (exact) mass is 371 g/mol. The molecule has 2 aromatic carbocycles. The van der Waals surface area contributed by atoms with Gasteiger partial charge in [-0.2, -0.15) is 0 Å². The van der Waals surface area contributed by atoms with Gasteiger partial charge < -0.3 is 5.32 Å². The SMILES string of the molecule is CCCCC(N=C1NS(=O)(=O)c2ccccc21)C(=O)Nc1ccccc1. The van der Waals surface area contributed by atoms with E-state index in [1.807, 2.05) is 25.1 Å². The number of hydrogen-bond donors (Lipinski definition) is 2. The van der Waals surface area contributed by atoms with Gasteiger partial charge in [0.25, 0.3) is 10.0 Å². The summed E-state index contributed by atoms with van der Waals surface area (Å²) in [5.74, 6) is -0.0226. The van der Waals surface area contributed by atoms with Gasteiger partial charge in [-0.05, 0) is 30.7 Å². The number of aliphatic imine (C=N–C) groups is 1. The van der Waals surface area contributed by atoms with E-state index in [2.05, 4.69) is 15.0 Å². The molecule has 0 spiro atoms. The Bertz CT molecular complexity index is 924. The topological polar surface area (TPSA) is 87.6 Å². The van der Waals surface area contributed by atoms with Crippen molar-refractivity contribution in [2.24, 2.45) is 4.99 Å². The molecule has 26 heavy (non-hydrogen) atoms. The van der Waals surface area contributed by atoms with Crippen molar-refractivity contribution >= 4 is 27.5 Å². The van der Waals surface area contributed by atoms with Crippen LogP contribution in [0.25, 0.3) is 0 Å². The minimum absolute atomic E-state index is 0.191. The zero-order valence-electron chi connectivity index (χ0n) is 14.5. The number of fused-ring (bicyclic) bond motifs is 1. The van der Waals surface area contributed by atoms with Gasteiger partial charge in [-0.3, -0.25) is 14.5 Å². The van der Waals surface area contributed by atoms with Crippen LogP contribution in [-0.4, -0.2) is 26.2 Å². The van der Waals surface area contributed by atoms with E-state index >= 15 is 0 Å². The molecule has 0 fully saturated rings. The Balaban J connectivity index is 1.89. The van der Waals surface area contributed by atoms with Gasteiger partial charge in [-0.1, -0.05) is 50.1 Å². The normalized spacial score (nSPS) is 17.3. The predicted octanol–water partition coefficient (Wildman–Crippen LogP) is 2.92. The molecule has 1 aliphatic rings. The van der Waals surface area contributed by atoms with E-state index in [9.17, 15) is 13.2 Å². The lowest BCUT2D eigenvalue weighted by Crippen LogP contribution is -2.30. The zero-order chi connectivity index (χ0) is 18.6. The lowest BCUT2D eigenvalue weighted by molar-refractivity contribution is -0.117. The first-order valence-electron chi connectivity index (χ1n) is 8.57. The molecule has 0 bridgehead atoms. The Morgan fingerprint density at radius 1 is 1.12 bits per heavy atom. The van der Waals surface area contributed by atoms with Crippen molar-refractivity contribution < 1.29 is 13.2 Å². The summed E-state index contributed by atoms with van der Waals surface area (Å²) in [4.78, 5) is 17.3. The number of carbonyl (C=O) groups is 1. The molecule has 0 saturated heterocycles. The fraction of sp³-hybridized carbons (Fsp3) is 0.263. The van der Waals surface area contributed by atoms with Crippen LogP contribution in [0.1, 0.15) is 31.7 Å². The Morgan fingerprint density at radius 3 is 2.54 bits per heavy atom. The lowest BCUT2D eigenvalue weighted by Gasteiger charge is -2.14. The number of anilines is 1. The molecule has 0 aliphatic carbocycles. The summed E-state index contributed by atoms with van der Waals surface area (Å²) in [5, 5.41) is 2.85. The van der Waals surface area contributed by atoms with E-state index < -0.39 is 16.1 Å². The number of para-hydroxylation sites is 1. The maximum absolute atomic E-state index is 12.7. The van der Waals surface area contributed by atoms with Crippen molar-refractivity contribution in [3.05, 3.63) is 60.2 Å². The summed E-state index contributed by atoms with van der Waals surface area (Å²) >= 11 is 0. The van der Waals surface area contributed by atoms with Gasteiger partial charge in [-0.25, -0.2) is 8.42 Å². The quantitative estimate of drug-likeness (QED) is 0.818. The van der Waals surface area contributed by atoms with E-state index in [0.717, 1.165) is 12.8 Å². The van der Waals surface area contributed by atoms with Crippen LogP contribution in [0.3, 0.4) is 0 Å². The standard InChI is InChI=1S/C19H21N3O3S/c1-2-3-12-16(19(23)20-14-9-5-4-6-10-14)21-18-15-11-7-8-13-17(15)26(24,25)22-18/h4-11,13,16H,2-3,12H2,1H3,(H,20,23)(H,21,22). The Labute approximate surface area is 153 Å². The summed E-state index contributed by atoms with van der Waals surface area (Å²) in [5.41, 5.74) is 1.19. The van der Waals surface area contributed by atoms with Gasteiger partial charge in [0.05, 0.1) is 4.90 Å². The van der Waals surface area contributed by atoms with Gasteiger partial charge in [0.15, 0.2) is 0 Å². The smallest absolute Gasteiger partial charge is 0.263 e. The van der Waals surface area contributed by atoms with Crippen LogP contribution in [0, 0.1) is 0 Å². The van der Waals surface area contributed by atoms with Crippen molar-refractivity contribution in [1.82, 2.24) is 4.72 Å². The Morgan fingerprint density at radius 2 is 1.81 bits per heavy atom. The van der Waals surface area contributed by atoms with Gasteiger partial charge in [0, 0.05) is 11.3 Å². The highest BCUT2D eigenvalue weighted by Crippen LogP contribution is 2.23. The fourth-order valence-electron chi connectivity index (χ4n) is 2.78. The predicted molar refractivity (Wildman–Crippen MR) is 102 cm³/mol. The summed E-state index contributed by atoms with van der Waals surface area (Å²) in [6.45, 7) is 2.03. The molecular weight excluding hydrogens is 350 g/mol. The highest BCUT2D eigenvalue weighted by molar-refractivity contribution is 7.90. The number of nitrogens with one attached hydrogen (secondary N) is 2. The number of carbonyl (C=O) groups excluding carboxylic acids is 1. The highest BCUT2D eigenvalue weighted by atomic mass is 32.2. The lowest BCUT2D eigenvalue weighted by atomic mass is 10.1. The van der Waals surface area contributed by atoms with Crippen LogP contribution >= 0.6 is 0 Å². The summed E-state index contributed by atoms with van der Waals surface area (Å²) in [6.07, 6.45) is 2.28. The third-order valence-electron chi connectivity index (χ3n) is 4.12. The molecule has 136 valence electrons. The van der Waals surface area contributed by atoms with Crippen LogP contribution in [-0.2, 0) is 14.8 Å². The molecule has 2 aromatic rings. The van der Waals surface area contributed by atoms with Crippen molar-refractivity contribution in [3.8, 4) is 0 Å². The van der Waals surface area contributed by atoms with Crippen LogP contribution in [0.4, 0.5) is 5.69 Å². The van der Waals surface area contributed by atoms with Crippen LogP contribution in [0.2, 0.25) is 0 Å². The summed E-state index contributed by atoms with van der Waals surface area (Å²) < 4.78 is 26.9. The summed E-state index contributed by atoms with van der Waals surface area (Å²) in [6, 6.07) is 15.1. The van der Waals surface area contributed by atoms with Crippen molar-refractivity contribution in [2.45, 2.75) is 37.1 Å². The Kier molecular flexibility index (Phi) is 5.37. The van der Waals surface area contributed by atoms with Crippen molar-refractivity contribution in [1.29, 1.82) is 0 Å². The number of amidine groups is 1. The maximum Gasteiger partial charge on any atom is 0.263 e. The molecule has 1 heterocycles. The van der Waals surface area contributed by atoms with Crippen molar-refractivity contribution in [3.63, 3.8) is 0 Å². The van der Waals surface area contributed by atoms with Crippen LogP contribution < -0.4 is 10.0 Å². The average Bonchev–Trinajstić information content (AvgIpc) is 2.90. The number of sulfonamides is 1. The molecule has 1 amide bonds. The molecule has 7 heteroatoms. The van der Waals surface area contributed by atoms with Crippen LogP contribution in [0.5, 0.6) is 0 Å². The Hall–Kier alpha value is -2.67. The first-order valence-corrected chi connectivity index (χ1v) is 10.1. The first kappa shape index (κ1) is 18.1. The second kappa shape index (κ2) is 7.70. The number of amides is 1. The summed E-state index contributed by atoms with van der Waals surface area (Å²) in [7, 11) is -3.62. The number of rotatable bonds is 6. The van der Waals surface area contributed by atoms with Gasteiger partial charge in [-0.15, -0.1) is 0 Å². The van der Waals surface area contributed by atoms with Gasteiger partial charge >= 0.3 is 0 Å². The molecule has 2 N–H and O–H groups in total. The number of hydrogen-bond acceptors (Lipinski definition) is 4. The molecule has 3 rings (SSSR count). The molecule has 1 atom stereocenters. The molecule has 0 radical (unpaired) electrons. The molecule has 0 saturated carbocycles. The van der Waals surface area contributed by atoms with Gasteiger partial charge in [0.2, 0.25) is 5.91 Å². The number of nitrogens with zero attached hydrogens (tertiary/aromatic N) is 1. The van der Waals surface area contributed by atoms with Crippen LogP contribution in [0.15, 0.2) is 64.5 Å². The van der Waals surface area contributed by atoms with Gasteiger partial charge in [0.1, 0.15) is 11.9 Å². The molecule has 6 nitrogen and oxygen atoms in total. The van der Waals surface area contributed by atoms with E-state index in [-0.39, 0.29) is 16.6 Å². The maximum atomic E-state index is 12.7. The molecule has 1 unspecified atom stereocenters. The van der Waals surface area contributed by atoms with E-state index in [1.165, 1.54) is 6.07 Å². The number of unbranched alkanes of at least 4 members (excludes halogenated alkanes) is 1. The highest BCUT2D eigenvalue weighted by Gasteiger charge is 2.31. The fourth-order valence-corrected chi connectivity index (χ4v) is 4.02. The van der Waals surface area contributed by atoms with E-state index in [0.29, 0.717) is 17.7 Å². The third kappa shape index (κ3) is 3.94. The molecular formula is C19H21N3O3S. The molecule has 1 aliphatic heterocycles. The minimum atomic E-state index is -3.62. The van der Waals surface area contributed by atoms with E-state index in [1.54, 1.807) is 30.3 Å². The number of benzene rings is 2. The molecule has 0 aromatic heterocycles. The largest absolute Gasteiger partial charge is 0.324 e. The zero-order valence-corrected chi connectivity index (χ0v) is 15.3. The van der Waals surface area contributed by atoms with Crippen molar-refractivity contribution in [2.75, 3.05) is 5.32 Å². The van der Waals surface area contributed by atoms with E-state index in [4.69, 9.17) is 0 Å². The second-order valence-corrected chi connectivity index (χ2v) is 7.74. The average molecular weight is 371 g/mol. The second-order valence-electron chi connectivity index (χ2n) is 6.09. The minimum Gasteiger partial charge on any atom is -0.324 e. The third-order valence-corrected chi connectivity index (χ3v) is 5.52.